The molecule has 2 aromatic heterocycles. The number of thiophene rings is 2. The van der Waals surface area contributed by atoms with Gasteiger partial charge in [0.15, 0.2) is 6.10 Å². The van der Waals surface area contributed by atoms with Gasteiger partial charge in [0.05, 0.1) is 11.4 Å². The Hall–Kier alpha value is -1.99. The lowest BCUT2D eigenvalue weighted by atomic mass is 10.2. The molecule has 5 nitrogen and oxygen atoms in total. The highest BCUT2D eigenvalue weighted by atomic mass is 32.1. The van der Waals surface area contributed by atoms with Crippen LogP contribution in [0.15, 0.2) is 23.6 Å². The van der Waals surface area contributed by atoms with Crippen LogP contribution in [0.4, 0.5) is 0 Å². The van der Waals surface area contributed by atoms with Crippen molar-refractivity contribution in [2.45, 2.75) is 33.4 Å². The van der Waals surface area contributed by atoms with Crippen molar-refractivity contribution in [2.75, 3.05) is 0 Å². The molecule has 0 aliphatic heterocycles. The lowest BCUT2D eigenvalue weighted by Crippen LogP contribution is -2.23. The van der Waals surface area contributed by atoms with E-state index in [1.165, 1.54) is 29.6 Å². The molecule has 0 spiro atoms. The summed E-state index contributed by atoms with van der Waals surface area (Å²) in [5.74, 6) is -0.847. The van der Waals surface area contributed by atoms with Crippen molar-refractivity contribution < 1.29 is 19.1 Å². The number of carbonyl (C=O) groups is 3. The zero-order valence-electron chi connectivity index (χ0n) is 13.0. The Morgan fingerprint density at radius 3 is 2.61 bits per heavy atom. The standard InChI is InChI=1S/C16H17NO4S2/c1-9-6-7-22-15(9)16(20)21-10(2)14(19)13-5-4-12(23-13)8-17-11(3)18/h4-7,10H,8H2,1-3H3,(H,17,18). The summed E-state index contributed by atoms with van der Waals surface area (Å²) in [5.41, 5.74) is 0.841. The second-order valence-electron chi connectivity index (χ2n) is 5.02. The Kier molecular flexibility index (Phi) is 5.68. The van der Waals surface area contributed by atoms with Crippen molar-refractivity contribution in [2.24, 2.45) is 0 Å². The van der Waals surface area contributed by atoms with Crippen molar-refractivity contribution >= 4 is 40.3 Å². The van der Waals surface area contributed by atoms with Crippen LogP contribution >= 0.6 is 22.7 Å². The first-order chi connectivity index (χ1) is 10.9. The van der Waals surface area contributed by atoms with Crippen molar-refractivity contribution in [1.29, 1.82) is 0 Å². The minimum absolute atomic E-state index is 0.125. The van der Waals surface area contributed by atoms with Crippen molar-refractivity contribution in [1.82, 2.24) is 5.32 Å². The van der Waals surface area contributed by atoms with E-state index in [1.807, 2.05) is 18.4 Å². The number of ether oxygens (including phenoxy) is 1. The maximum absolute atomic E-state index is 12.3. The topological polar surface area (TPSA) is 72.5 Å². The number of rotatable bonds is 6. The molecule has 2 aromatic rings. The average Bonchev–Trinajstić information content (AvgIpc) is 3.12. The first-order valence-corrected chi connectivity index (χ1v) is 8.70. The monoisotopic (exact) mass is 351 g/mol. The van der Waals surface area contributed by atoms with Gasteiger partial charge in [0.25, 0.3) is 0 Å². The molecule has 0 aliphatic carbocycles. The third-order valence-electron chi connectivity index (χ3n) is 3.12. The number of Topliss-reactive ketones (excluding diaryl/α,β-unsaturated/α-hetero) is 1. The molecule has 0 saturated carbocycles. The predicted octanol–water partition coefficient (Wildman–Crippen LogP) is 3.18. The highest BCUT2D eigenvalue weighted by molar-refractivity contribution is 7.14. The fourth-order valence-electron chi connectivity index (χ4n) is 1.87. The summed E-state index contributed by atoms with van der Waals surface area (Å²) in [6.45, 7) is 5.22. The van der Waals surface area contributed by atoms with Crippen LogP contribution < -0.4 is 5.32 Å². The van der Waals surface area contributed by atoms with E-state index in [2.05, 4.69) is 5.32 Å². The van der Waals surface area contributed by atoms with Crippen LogP contribution in [0.1, 0.15) is 43.6 Å². The quantitative estimate of drug-likeness (QED) is 0.641. The summed E-state index contributed by atoms with van der Waals surface area (Å²) < 4.78 is 5.26. The summed E-state index contributed by atoms with van der Waals surface area (Å²) in [5, 5.41) is 4.49. The number of hydrogen-bond acceptors (Lipinski definition) is 6. The fraction of sp³-hybridized carbons (Fsp3) is 0.312. The van der Waals surface area contributed by atoms with E-state index in [1.54, 1.807) is 19.1 Å². The Bertz CT molecular complexity index is 732. The van der Waals surface area contributed by atoms with Crippen LogP contribution in [0.25, 0.3) is 0 Å². The largest absolute Gasteiger partial charge is 0.450 e. The van der Waals surface area contributed by atoms with Crippen LogP contribution in [-0.4, -0.2) is 23.8 Å². The number of ketones is 1. The van der Waals surface area contributed by atoms with Gasteiger partial charge in [-0.05, 0) is 43.0 Å². The average molecular weight is 351 g/mol. The second-order valence-corrected chi connectivity index (χ2v) is 7.10. The normalized spacial score (nSPS) is 11.8. The van der Waals surface area contributed by atoms with Crippen molar-refractivity contribution in [3.05, 3.63) is 43.8 Å². The van der Waals surface area contributed by atoms with Crippen LogP contribution in [0, 0.1) is 6.92 Å². The van der Waals surface area contributed by atoms with Gasteiger partial charge < -0.3 is 10.1 Å². The summed E-state index contributed by atoms with van der Waals surface area (Å²) in [6.07, 6.45) is -0.851. The van der Waals surface area contributed by atoms with Gasteiger partial charge in [-0.15, -0.1) is 22.7 Å². The lowest BCUT2D eigenvalue weighted by Gasteiger charge is -2.10. The molecule has 1 atom stereocenters. The van der Waals surface area contributed by atoms with Gasteiger partial charge in [-0.25, -0.2) is 4.79 Å². The molecule has 1 N–H and O–H groups in total. The highest BCUT2D eigenvalue weighted by Gasteiger charge is 2.23. The van der Waals surface area contributed by atoms with Gasteiger partial charge in [-0.2, -0.15) is 0 Å². The molecule has 7 heteroatoms. The molecule has 1 amide bonds. The molecule has 0 radical (unpaired) electrons. The predicted molar refractivity (Wildman–Crippen MR) is 90.1 cm³/mol. The van der Waals surface area contributed by atoms with Crippen molar-refractivity contribution in [3.63, 3.8) is 0 Å². The van der Waals surface area contributed by atoms with E-state index in [9.17, 15) is 14.4 Å². The second kappa shape index (κ2) is 7.52. The SMILES string of the molecule is CC(=O)NCc1ccc(C(=O)C(C)OC(=O)c2sccc2C)s1. The smallest absolute Gasteiger partial charge is 0.349 e. The molecule has 23 heavy (non-hydrogen) atoms. The first-order valence-electron chi connectivity index (χ1n) is 7.01. The Morgan fingerprint density at radius 1 is 1.26 bits per heavy atom. The summed E-state index contributed by atoms with van der Waals surface area (Å²) in [7, 11) is 0. The number of nitrogens with one attached hydrogen (secondary N) is 1. The third-order valence-corrected chi connectivity index (χ3v) is 5.21. The molecule has 0 aliphatic rings. The first kappa shape index (κ1) is 17.4. The van der Waals surface area contributed by atoms with Crippen molar-refractivity contribution in [3.8, 4) is 0 Å². The zero-order valence-corrected chi connectivity index (χ0v) is 14.7. The molecule has 0 saturated heterocycles. The molecule has 122 valence electrons. The number of esters is 1. The minimum Gasteiger partial charge on any atom is -0.450 e. The molecule has 0 aromatic carbocycles. The summed E-state index contributed by atoms with van der Waals surface area (Å²) in [4.78, 5) is 37.2. The van der Waals surface area contributed by atoms with Gasteiger partial charge in [0.2, 0.25) is 11.7 Å². The maximum atomic E-state index is 12.3. The summed E-state index contributed by atoms with van der Waals surface area (Å²) >= 11 is 2.58. The Balaban J connectivity index is 1.98. The van der Waals surface area contributed by atoms with E-state index in [-0.39, 0.29) is 11.7 Å². The van der Waals surface area contributed by atoms with Crippen LogP contribution in [0.3, 0.4) is 0 Å². The van der Waals surface area contributed by atoms with Gasteiger partial charge in [0, 0.05) is 11.8 Å². The van der Waals surface area contributed by atoms with Crippen LogP contribution in [0.5, 0.6) is 0 Å². The van der Waals surface area contributed by atoms with Gasteiger partial charge >= 0.3 is 5.97 Å². The molecule has 2 rings (SSSR count). The van der Waals surface area contributed by atoms with E-state index in [0.717, 1.165) is 10.4 Å². The minimum atomic E-state index is -0.851. The van der Waals surface area contributed by atoms with E-state index in [4.69, 9.17) is 4.74 Å². The van der Waals surface area contributed by atoms with Crippen LogP contribution in [0.2, 0.25) is 0 Å². The number of amides is 1. The Labute approximate surface area is 142 Å². The molecular weight excluding hydrogens is 334 g/mol. The molecule has 1 unspecified atom stereocenters. The summed E-state index contributed by atoms with van der Waals surface area (Å²) in [6, 6.07) is 5.30. The van der Waals surface area contributed by atoms with Gasteiger partial charge in [-0.3, -0.25) is 9.59 Å². The number of carbonyl (C=O) groups excluding carboxylic acids is 3. The lowest BCUT2D eigenvalue weighted by molar-refractivity contribution is -0.119. The Morgan fingerprint density at radius 2 is 2.00 bits per heavy atom. The zero-order chi connectivity index (χ0) is 17.0. The third kappa shape index (κ3) is 4.49. The van der Waals surface area contributed by atoms with E-state index < -0.39 is 12.1 Å². The van der Waals surface area contributed by atoms with Crippen LogP contribution in [-0.2, 0) is 16.1 Å². The molecule has 0 fully saturated rings. The van der Waals surface area contributed by atoms with E-state index >= 15 is 0 Å². The van der Waals surface area contributed by atoms with Gasteiger partial charge in [-0.1, -0.05) is 0 Å². The van der Waals surface area contributed by atoms with Gasteiger partial charge in [0.1, 0.15) is 4.88 Å². The van der Waals surface area contributed by atoms with E-state index in [0.29, 0.717) is 16.3 Å². The maximum Gasteiger partial charge on any atom is 0.349 e. The molecule has 0 bridgehead atoms. The number of hydrogen-bond donors (Lipinski definition) is 1. The highest BCUT2D eigenvalue weighted by Crippen LogP contribution is 2.21. The molecule has 2 heterocycles. The molecular formula is C16H17NO4S2. The fourth-order valence-corrected chi connectivity index (χ4v) is 3.64. The number of aryl methyl sites for hydroxylation is 1.